The zero-order valence-electron chi connectivity index (χ0n) is 8.22. The average Bonchev–Trinajstić information content (AvgIpc) is 2.24. The molecule has 0 saturated carbocycles. The van der Waals surface area contributed by atoms with Crippen LogP contribution in [0.15, 0.2) is 18.2 Å². The normalized spacial score (nSPS) is 19.4. The molecule has 0 radical (unpaired) electrons. The Morgan fingerprint density at radius 3 is 2.47 bits per heavy atom. The Kier molecular flexibility index (Phi) is 3.78. The predicted octanol–water partition coefficient (Wildman–Crippen LogP) is 4.33. The van der Waals surface area contributed by atoms with Gasteiger partial charge in [-0.1, -0.05) is 35.3 Å². The fraction of sp³-hybridized carbons (Fsp3) is 0.455. The Bertz CT molecular complexity index is 346. The summed E-state index contributed by atoms with van der Waals surface area (Å²) in [5, 5.41) is 1.34. The van der Waals surface area contributed by atoms with E-state index >= 15 is 0 Å². The summed E-state index contributed by atoms with van der Waals surface area (Å²) in [5.41, 5.74) is 1.16. The highest BCUT2D eigenvalue weighted by atomic mass is 35.5. The van der Waals surface area contributed by atoms with Crippen LogP contribution in [-0.2, 0) is 0 Å². The third-order valence-electron chi connectivity index (χ3n) is 2.86. The largest absolute Gasteiger partial charge is 0.220 e. The molecule has 1 aromatic carbocycles. The lowest BCUT2D eigenvalue weighted by Gasteiger charge is -2.27. The fourth-order valence-electron chi connectivity index (χ4n) is 1.99. The molecule has 0 atom stereocenters. The summed E-state index contributed by atoms with van der Waals surface area (Å²) in [6, 6.07) is 5.84. The minimum atomic E-state index is 0.492. The summed E-state index contributed by atoms with van der Waals surface area (Å²) >= 11 is 18.1. The van der Waals surface area contributed by atoms with Crippen LogP contribution in [0.5, 0.6) is 0 Å². The standard InChI is InChI=1S/C11H12Cl3N/c12-10-3-1-2-9(11(10)13)8-4-6-15(14)7-5-8/h1-3,8H,4-7H2. The molecule has 0 N–H and O–H groups in total. The first-order chi connectivity index (χ1) is 7.18. The van der Waals surface area contributed by atoms with Crippen molar-refractivity contribution < 1.29 is 0 Å². The zero-order chi connectivity index (χ0) is 10.8. The van der Waals surface area contributed by atoms with Crippen molar-refractivity contribution in [2.24, 2.45) is 0 Å². The van der Waals surface area contributed by atoms with Crippen molar-refractivity contribution in [1.29, 1.82) is 0 Å². The highest BCUT2D eigenvalue weighted by Crippen LogP contribution is 2.36. The quantitative estimate of drug-likeness (QED) is 0.683. The van der Waals surface area contributed by atoms with Crippen LogP contribution in [0.4, 0.5) is 0 Å². The minimum absolute atomic E-state index is 0.492. The molecule has 1 saturated heterocycles. The van der Waals surface area contributed by atoms with E-state index in [1.807, 2.05) is 16.6 Å². The van der Waals surface area contributed by atoms with E-state index in [4.69, 9.17) is 35.0 Å². The van der Waals surface area contributed by atoms with Gasteiger partial charge in [-0.15, -0.1) is 0 Å². The van der Waals surface area contributed by atoms with E-state index in [9.17, 15) is 0 Å². The third kappa shape index (κ3) is 2.59. The summed E-state index contributed by atoms with van der Waals surface area (Å²) < 4.78 is 1.83. The van der Waals surface area contributed by atoms with Gasteiger partial charge in [-0.05, 0) is 42.2 Å². The third-order valence-corrected chi connectivity index (χ3v) is 4.03. The van der Waals surface area contributed by atoms with Crippen molar-refractivity contribution in [3.8, 4) is 0 Å². The van der Waals surface area contributed by atoms with Crippen molar-refractivity contribution in [3.63, 3.8) is 0 Å². The van der Waals surface area contributed by atoms with Crippen LogP contribution in [0.25, 0.3) is 0 Å². The molecule has 0 amide bonds. The maximum absolute atomic E-state index is 6.18. The molecular formula is C11H12Cl3N. The van der Waals surface area contributed by atoms with Crippen LogP contribution < -0.4 is 0 Å². The first-order valence-corrected chi connectivity index (χ1v) is 6.12. The maximum Gasteiger partial charge on any atom is 0.0627 e. The molecule has 0 spiro atoms. The van der Waals surface area contributed by atoms with Gasteiger partial charge in [-0.2, -0.15) is 0 Å². The van der Waals surface area contributed by atoms with Gasteiger partial charge in [-0.25, -0.2) is 4.42 Å². The van der Waals surface area contributed by atoms with Crippen LogP contribution in [0.2, 0.25) is 10.0 Å². The molecule has 82 valence electrons. The van der Waals surface area contributed by atoms with Gasteiger partial charge >= 0.3 is 0 Å². The lowest BCUT2D eigenvalue weighted by molar-refractivity contribution is 0.336. The predicted molar refractivity (Wildman–Crippen MR) is 65.9 cm³/mol. The molecule has 1 aliphatic heterocycles. The fourth-order valence-corrected chi connectivity index (χ4v) is 2.65. The summed E-state index contributed by atoms with van der Waals surface area (Å²) in [5.74, 6) is 0.492. The number of halogens is 3. The molecule has 0 bridgehead atoms. The van der Waals surface area contributed by atoms with Crippen molar-refractivity contribution in [3.05, 3.63) is 33.8 Å². The Labute approximate surface area is 105 Å². The van der Waals surface area contributed by atoms with E-state index in [0.717, 1.165) is 31.5 Å². The number of nitrogens with zero attached hydrogens (tertiary/aromatic N) is 1. The van der Waals surface area contributed by atoms with Gasteiger partial charge in [0.05, 0.1) is 10.0 Å². The molecule has 2 rings (SSSR count). The Morgan fingerprint density at radius 1 is 1.13 bits per heavy atom. The van der Waals surface area contributed by atoms with Crippen LogP contribution in [0.1, 0.15) is 24.3 Å². The van der Waals surface area contributed by atoms with Crippen molar-refractivity contribution in [2.75, 3.05) is 13.1 Å². The highest BCUT2D eigenvalue weighted by Gasteiger charge is 2.21. The van der Waals surface area contributed by atoms with Gasteiger partial charge in [0.25, 0.3) is 0 Å². The van der Waals surface area contributed by atoms with E-state index < -0.39 is 0 Å². The van der Waals surface area contributed by atoms with Crippen LogP contribution >= 0.6 is 35.0 Å². The molecule has 1 heterocycles. The van der Waals surface area contributed by atoms with Gasteiger partial charge < -0.3 is 0 Å². The highest BCUT2D eigenvalue weighted by molar-refractivity contribution is 6.42. The average molecular weight is 265 g/mol. The number of piperidine rings is 1. The van der Waals surface area contributed by atoms with Crippen molar-refractivity contribution in [2.45, 2.75) is 18.8 Å². The van der Waals surface area contributed by atoms with Gasteiger partial charge in [0, 0.05) is 13.1 Å². The molecule has 0 aromatic heterocycles. The molecule has 1 aromatic rings. The molecular weight excluding hydrogens is 252 g/mol. The second-order valence-electron chi connectivity index (χ2n) is 3.83. The van der Waals surface area contributed by atoms with E-state index in [2.05, 4.69) is 6.07 Å². The lowest BCUT2D eigenvalue weighted by Crippen LogP contribution is -2.25. The molecule has 1 fully saturated rings. The topological polar surface area (TPSA) is 3.24 Å². The summed E-state index contributed by atoms with van der Waals surface area (Å²) in [6.07, 6.45) is 2.09. The number of hydrogen-bond acceptors (Lipinski definition) is 1. The van der Waals surface area contributed by atoms with Gasteiger partial charge in [0.2, 0.25) is 0 Å². The van der Waals surface area contributed by atoms with Crippen LogP contribution in [0.3, 0.4) is 0 Å². The zero-order valence-corrected chi connectivity index (χ0v) is 10.5. The van der Waals surface area contributed by atoms with Crippen molar-refractivity contribution >= 4 is 35.0 Å². The molecule has 15 heavy (non-hydrogen) atoms. The monoisotopic (exact) mass is 263 g/mol. The van der Waals surface area contributed by atoms with Gasteiger partial charge in [-0.3, -0.25) is 0 Å². The number of hydrogen-bond donors (Lipinski definition) is 0. The SMILES string of the molecule is Clc1cccc(C2CCN(Cl)CC2)c1Cl. The summed E-state index contributed by atoms with van der Waals surface area (Å²) in [7, 11) is 0. The lowest BCUT2D eigenvalue weighted by atomic mass is 9.90. The smallest absolute Gasteiger partial charge is 0.0627 e. The second-order valence-corrected chi connectivity index (χ2v) is 5.09. The van der Waals surface area contributed by atoms with E-state index in [1.54, 1.807) is 0 Å². The maximum atomic E-state index is 6.18. The van der Waals surface area contributed by atoms with Crippen molar-refractivity contribution in [1.82, 2.24) is 4.42 Å². The van der Waals surface area contributed by atoms with Gasteiger partial charge in [0.15, 0.2) is 0 Å². The number of rotatable bonds is 1. The first-order valence-electron chi connectivity index (χ1n) is 5.03. The summed E-state index contributed by atoms with van der Waals surface area (Å²) in [4.78, 5) is 0. The molecule has 0 aliphatic carbocycles. The van der Waals surface area contributed by atoms with Crippen LogP contribution in [0, 0.1) is 0 Å². The van der Waals surface area contributed by atoms with Crippen LogP contribution in [-0.4, -0.2) is 17.5 Å². The van der Waals surface area contributed by atoms with Gasteiger partial charge in [0.1, 0.15) is 0 Å². The van der Waals surface area contributed by atoms with E-state index in [0.29, 0.717) is 16.0 Å². The first kappa shape index (κ1) is 11.5. The molecule has 0 unspecified atom stereocenters. The Hall–Kier alpha value is 0.0500. The molecule has 1 aliphatic rings. The molecule has 1 nitrogen and oxygen atoms in total. The Balaban J connectivity index is 2.19. The Morgan fingerprint density at radius 2 is 1.80 bits per heavy atom. The second kappa shape index (κ2) is 4.92. The minimum Gasteiger partial charge on any atom is -0.220 e. The van der Waals surface area contributed by atoms with E-state index in [1.165, 1.54) is 0 Å². The summed E-state index contributed by atoms with van der Waals surface area (Å²) in [6.45, 7) is 1.82. The number of benzene rings is 1. The molecule has 4 heteroatoms. The van der Waals surface area contributed by atoms with E-state index in [-0.39, 0.29) is 0 Å².